The van der Waals surface area contributed by atoms with Gasteiger partial charge in [0.15, 0.2) is 0 Å². The molecule has 0 atom stereocenters. The number of rotatable bonds is 7. The molecule has 0 aliphatic carbocycles. The summed E-state index contributed by atoms with van der Waals surface area (Å²) in [5.41, 5.74) is 0.694. The van der Waals surface area contributed by atoms with Crippen LogP contribution in [0.15, 0.2) is 18.2 Å². The van der Waals surface area contributed by atoms with E-state index in [1.807, 2.05) is 6.92 Å². The van der Waals surface area contributed by atoms with Crippen LogP contribution in [0, 0.1) is 0 Å². The molecule has 0 spiro atoms. The summed E-state index contributed by atoms with van der Waals surface area (Å²) >= 11 is 0. The average molecular weight is 362 g/mol. The van der Waals surface area contributed by atoms with E-state index < -0.39 is 20.0 Å². The van der Waals surface area contributed by atoms with E-state index in [1.54, 1.807) is 12.1 Å². The molecule has 1 fully saturated rings. The van der Waals surface area contributed by atoms with Gasteiger partial charge in [-0.05, 0) is 31.0 Å². The van der Waals surface area contributed by atoms with Gasteiger partial charge in [0, 0.05) is 6.54 Å². The lowest BCUT2D eigenvalue weighted by Crippen LogP contribution is -2.25. The summed E-state index contributed by atoms with van der Waals surface area (Å²) in [6.07, 6.45) is 1.88. The molecular formula is C14H22N2O5S2. The summed E-state index contributed by atoms with van der Waals surface area (Å²) in [6.45, 7) is 2.31. The van der Waals surface area contributed by atoms with E-state index in [9.17, 15) is 16.8 Å². The minimum Gasteiger partial charge on any atom is -0.495 e. The van der Waals surface area contributed by atoms with Crippen molar-refractivity contribution in [3.8, 4) is 5.75 Å². The maximum atomic E-state index is 12.1. The van der Waals surface area contributed by atoms with Gasteiger partial charge in [0.25, 0.3) is 0 Å². The van der Waals surface area contributed by atoms with Crippen LogP contribution in [0.4, 0.5) is 11.4 Å². The summed E-state index contributed by atoms with van der Waals surface area (Å²) in [4.78, 5) is 0. The molecular weight excluding hydrogens is 340 g/mol. The van der Waals surface area contributed by atoms with Gasteiger partial charge in [-0.3, -0.25) is 9.03 Å². The summed E-state index contributed by atoms with van der Waals surface area (Å²) in [5, 5.41) is 0. The number of ether oxygens (including phenoxy) is 1. The summed E-state index contributed by atoms with van der Waals surface area (Å²) < 4.78 is 57.2. The van der Waals surface area contributed by atoms with Gasteiger partial charge < -0.3 is 4.74 Å². The number of nitrogens with one attached hydrogen (secondary N) is 1. The Morgan fingerprint density at radius 2 is 2.09 bits per heavy atom. The van der Waals surface area contributed by atoms with E-state index in [0.29, 0.717) is 30.8 Å². The van der Waals surface area contributed by atoms with Crippen LogP contribution >= 0.6 is 0 Å². The molecule has 1 N–H and O–H groups in total. The Bertz CT molecular complexity index is 759. The van der Waals surface area contributed by atoms with Crippen molar-refractivity contribution in [2.45, 2.75) is 26.2 Å². The van der Waals surface area contributed by atoms with Crippen LogP contribution in [-0.4, -0.2) is 42.0 Å². The Balaban J connectivity index is 2.33. The van der Waals surface area contributed by atoms with Crippen LogP contribution in [0.1, 0.15) is 26.2 Å². The molecule has 1 aliphatic heterocycles. The van der Waals surface area contributed by atoms with Crippen molar-refractivity contribution < 1.29 is 21.6 Å². The number of sulfonamides is 2. The number of hydrogen-bond donors (Lipinski definition) is 1. The molecule has 23 heavy (non-hydrogen) atoms. The molecule has 130 valence electrons. The molecule has 0 radical (unpaired) electrons. The van der Waals surface area contributed by atoms with Crippen LogP contribution < -0.4 is 13.8 Å². The third-order valence-corrected chi connectivity index (χ3v) is 6.83. The van der Waals surface area contributed by atoms with Gasteiger partial charge in [0.2, 0.25) is 20.0 Å². The number of methoxy groups -OCH3 is 1. The van der Waals surface area contributed by atoms with Crippen molar-refractivity contribution >= 4 is 31.4 Å². The summed E-state index contributed by atoms with van der Waals surface area (Å²) in [7, 11) is -5.38. The summed E-state index contributed by atoms with van der Waals surface area (Å²) in [6, 6.07) is 4.69. The second kappa shape index (κ2) is 6.96. The second-order valence-corrected chi connectivity index (χ2v) is 9.26. The van der Waals surface area contributed by atoms with Crippen LogP contribution in [0.3, 0.4) is 0 Å². The number of hydrogen-bond acceptors (Lipinski definition) is 5. The highest BCUT2D eigenvalue weighted by molar-refractivity contribution is 7.93. The maximum Gasteiger partial charge on any atom is 0.235 e. The fraction of sp³-hybridized carbons (Fsp3) is 0.571. The lowest BCUT2D eigenvalue weighted by Gasteiger charge is -2.19. The molecule has 1 heterocycles. The average Bonchev–Trinajstić information content (AvgIpc) is 2.84. The Morgan fingerprint density at radius 3 is 2.65 bits per heavy atom. The molecule has 0 saturated carbocycles. The standard InChI is InChI=1S/C14H22N2O5S2/c1-3-4-9-22(17,18)15-13-11-12(6-7-14(13)21-2)16-8-5-10-23(16,19)20/h6-7,11,15H,3-5,8-10H2,1-2H3. The number of unbranched alkanes of at least 4 members (excludes halogenated alkanes) is 1. The highest BCUT2D eigenvalue weighted by atomic mass is 32.2. The van der Waals surface area contributed by atoms with E-state index in [1.165, 1.54) is 17.5 Å². The van der Waals surface area contributed by atoms with E-state index >= 15 is 0 Å². The Kier molecular flexibility index (Phi) is 5.41. The van der Waals surface area contributed by atoms with Crippen molar-refractivity contribution in [3.63, 3.8) is 0 Å². The lowest BCUT2D eigenvalue weighted by molar-refractivity contribution is 0.417. The lowest BCUT2D eigenvalue weighted by atomic mass is 10.2. The first-order chi connectivity index (χ1) is 10.8. The predicted molar refractivity (Wildman–Crippen MR) is 91.1 cm³/mol. The smallest absolute Gasteiger partial charge is 0.235 e. The van der Waals surface area contributed by atoms with Crippen molar-refractivity contribution in [1.82, 2.24) is 0 Å². The Labute approximate surface area is 137 Å². The molecule has 1 aromatic carbocycles. The van der Waals surface area contributed by atoms with Crippen molar-refractivity contribution in [3.05, 3.63) is 18.2 Å². The van der Waals surface area contributed by atoms with Crippen molar-refractivity contribution in [1.29, 1.82) is 0 Å². The molecule has 1 aliphatic rings. The molecule has 0 aromatic heterocycles. The van der Waals surface area contributed by atoms with Crippen LogP contribution in [0.5, 0.6) is 5.75 Å². The summed E-state index contributed by atoms with van der Waals surface area (Å²) in [5.74, 6) is 0.473. The fourth-order valence-corrected chi connectivity index (χ4v) is 5.23. The molecule has 9 heteroatoms. The Morgan fingerprint density at radius 1 is 1.35 bits per heavy atom. The topological polar surface area (TPSA) is 92.8 Å². The first-order valence-electron chi connectivity index (χ1n) is 7.48. The third-order valence-electron chi connectivity index (χ3n) is 3.60. The van der Waals surface area contributed by atoms with Gasteiger partial charge in [-0.25, -0.2) is 16.8 Å². The van der Waals surface area contributed by atoms with Gasteiger partial charge in [0.05, 0.1) is 30.0 Å². The third kappa shape index (κ3) is 4.29. The minimum atomic E-state index is -3.50. The van der Waals surface area contributed by atoms with E-state index in [-0.39, 0.29) is 17.2 Å². The SMILES string of the molecule is CCCCS(=O)(=O)Nc1cc(N2CCCS2(=O)=O)ccc1OC. The number of nitrogens with zero attached hydrogens (tertiary/aromatic N) is 1. The molecule has 2 rings (SSSR count). The normalized spacial score (nSPS) is 17.2. The quantitative estimate of drug-likeness (QED) is 0.798. The molecule has 7 nitrogen and oxygen atoms in total. The van der Waals surface area contributed by atoms with Gasteiger partial charge in [-0.15, -0.1) is 0 Å². The monoisotopic (exact) mass is 362 g/mol. The van der Waals surface area contributed by atoms with E-state index in [0.717, 1.165) is 6.42 Å². The molecule has 0 bridgehead atoms. The van der Waals surface area contributed by atoms with Crippen molar-refractivity contribution in [2.75, 3.05) is 34.2 Å². The van der Waals surface area contributed by atoms with Gasteiger partial charge in [-0.2, -0.15) is 0 Å². The van der Waals surface area contributed by atoms with Gasteiger partial charge in [0.1, 0.15) is 5.75 Å². The van der Waals surface area contributed by atoms with E-state index in [2.05, 4.69) is 4.72 Å². The van der Waals surface area contributed by atoms with Crippen LogP contribution in [-0.2, 0) is 20.0 Å². The zero-order valence-electron chi connectivity index (χ0n) is 13.3. The maximum absolute atomic E-state index is 12.1. The van der Waals surface area contributed by atoms with Crippen LogP contribution in [0.25, 0.3) is 0 Å². The molecule has 1 aromatic rings. The van der Waals surface area contributed by atoms with Crippen molar-refractivity contribution in [2.24, 2.45) is 0 Å². The highest BCUT2D eigenvalue weighted by Crippen LogP contribution is 2.33. The minimum absolute atomic E-state index is 0.0128. The van der Waals surface area contributed by atoms with Crippen LogP contribution in [0.2, 0.25) is 0 Å². The Hall–Kier alpha value is -1.48. The first kappa shape index (κ1) is 17.9. The fourth-order valence-electron chi connectivity index (χ4n) is 2.41. The van der Waals surface area contributed by atoms with E-state index in [4.69, 9.17) is 4.74 Å². The predicted octanol–water partition coefficient (Wildman–Crippen LogP) is 1.78. The highest BCUT2D eigenvalue weighted by Gasteiger charge is 2.29. The van der Waals surface area contributed by atoms with Gasteiger partial charge >= 0.3 is 0 Å². The largest absolute Gasteiger partial charge is 0.495 e. The molecule has 0 amide bonds. The molecule has 1 saturated heterocycles. The number of anilines is 2. The zero-order valence-corrected chi connectivity index (χ0v) is 14.9. The zero-order chi connectivity index (χ0) is 17.1. The molecule has 0 unspecified atom stereocenters. The number of benzene rings is 1. The first-order valence-corrected chi connectivity index (χ1v) is 10.7. The second-order valence-electron chi connectivity index (χ2n) is 5.40. The van der Waals surface area contributed by atoms with Gasteiger partial charge in [-0.1, -0.05) is 13.3 Å².